The van der Waals surface area contributed by atoms with Crippen LogP contribution < -0.4 is 5.32 Å². The molecule has 1 atom stereocenters. The molecule has 0 saturated carbocycles. The molecular weight excluding hydrogens is 288 g/mol. The molecule has 0 bridgehead atoms. The van der Waals surface area contributed by atoms with Crippen LogP contribution in [0.25, 0.3) is 0 Å². The molecule has 1 N–H and O–H groups in total. The zero-order chi connectivity index (χ0) is 15.5. The Bertz CT molecular complexity index is 494. The minimum atomic E-state index is -0.474. The van der Waals surface area contributed by atoms with Crippen LogP contribution in [0.15, 0.2) is 17.5 Å². The third-order valence-electron chi connectivity index (χ3n) is 3.19. The Hall–Kier alpha value is -1.40. The highest BCUT2D eigenvalue weighted by molar-refractivity contribution is 7.12. The van der Waals surface area contributed by atoms with E-state index in [2.05, 4.69) is 5.32 Å². The molecule has 1 aromatic rings. The van der Waals surface area contributed by atoms with Crippen LogP contribution >= 0.6 is 11.3 Å². The number of likely N-dealkylation sites (tertiary alicyclic amines) is 1. The Labute approximate surface area is 129 Å². The van der Waals surface area contributed by atoms with Gasteiger partial charge in [0.15, 0.2) is 5.78 Å². The van der Waals surface area contributed by atoms with E-state index >= 15 is 0 Å². The molecule has 6 heteroatoms. The van der Waals surface area contributed by atoms with Crippen molar-refractivity contribution in [3.63, 3.8) is 0 Å². The van der Waals surface area contributed by atoms with E-state index in [1.165, 1.54) is 11.3 Å². The topological polar surface area (TPSA) is 58.6 Å². The normalized spacial score (nSPS) is 18.8. The Morgan fingerprint density at radius 2 is 2.24 bits per heavy atom. The smallest absolute Gasteiger partial charge is 0.410 e. The van der Waals surface area contributed by atoms with E-state index in [1.807, 2.05) is 38.3 Å². The molecule has 2 rings (SSSR count). The lowest BCUT2D eigenvalue weighted by atomic mass is 10.2. The molecule has 0 unspecified atom stereocenters. The summed E-state index contributed by atoms with van der Waals surface area (Å²) < 4.78 is 5.35. The number of thiophene rings is 1. The molecule has 0 spiro atoms. The fourth-order valence-corrected chi connectivity index (χ4v) is 2.85. The van der Waals surface area contributed by atoms with Gasteiger partial charge in [-0.25, -0.2) is 4.79 Å². The Kier molecular flexibility index (Phi) is 5.00. The summed E-state index contributed by atoms with van der Waals surface area (Å²) in [6.45, 7) is 7.14. The quantitative estimate of drug-likeness (QED) is 0.868. The van der Waals surface area contributed by atoms with Crippen LogP contribution in [-0.4, -0.2) is 48.1 Å². The summed E-state index contributed by atoms with van der Waals surface area (Å²) in [5.41, 5.74) is -0.474. The number of Topliss-reactive ketones (excluding diaryl/α,β-unsaturated/α-hetero) is 1. The van der Waals surface area contributed by atoms with Gasteiger partial charge in [0.2, 0.25) is 0 Å². The Balaban J connectivity index is 1.75. The fraction of sp³-hybridized carbons (Fsp3) is 0.600. The molecule has 5 nitrogen and oxygen atoms in total. The SMILES string of the molecule is CC(C)(C)OC(=O)N1CC[C@H](NCC(=O)c2cccs2)C1. The van der Waals surface area contributed by atoms with Crippen molar-refractivity contribution < 1.29 is 14.3 Å². The van der Waals surface area contributed by atoms with Crippen LogP contribution in [0.5, 0.6) is 0 Å². The predicted molar refractivity (Wildman–Crippen MR) is 82.9 cm³/mol. The summed E-state index contributed by atoms with van der Waals surface area (Å²) in [6.07, 6.45) is 0.563. The van der Waals surface area contributed by atoms with E-state index in [0.717, 1.165) is 11.3 Å². The first-order valence-electron chi connectivity index (χ1n) is 7.13. The number of nitrogens with one attached hydrogen (secondary N) is 1. The molecule has 0 aliphatic carbocycles. The third kappa shape index (κ3) is 4.82. The number of hydrogen-bond acceptors (Lipinski definition) is 5. The van der Waals surface area contributed by atoms with E-state index in [1.54, 1.807) is 4.90 Å². The Morgan fingerprint density at radius 1 is 1.48 bits per heavy atom. The summed E-state index contributed by atoms with van der Waals surface area (Å²) in [7, 11) is 0. The summed E-state index contributed by atoms with van der Waals surface area (Å²) >= 11 is 1.45. The average molecular weight is 310 g/mol. The second kappa shape index (κ2) is 6.58. The molecule has 1 saturated heterocycles. The summed E-state index contributed by atoms with van der Waals surface area (Å²) in [5.74, 6) is 0.0979. The van der Waals surface area contributed by atoms with Gasteiger partial charge in [-0.3, -0.25) is 4.79 Å². The van der Waals surface area contributed by atoms with Crippen molar-refractivity contribution >= 4 is 23.2 Å². The van der Waals surface area contributed by atoms with Crippen LogP contribution in [0.2, 0.25) is 0 Å². The molecule has 2 heterocycles. The fourth-order valence-electron chi connectivity index (χ4n) is 2.18. The van der Waals surface area contributed by atoms with Crippen molar-refractivity contribution in [3.8, 4) is 0 Å². The highest BCUT2D eigenvalue weighted by Gasteiger charge is 2.29. The van der Waals surface area contributed by atoms with Crippen LogP contribution in [-0.2, 0) is 4.74 Å². The second-order valence-electron chi connectivity index (χ2n) is 6.19. The van der Waals surface area contributed by atoms with Crippen molar-refractivity contribution in [1.82, 2.24) is 10.2 Å². The summed E-state index contributed by atoms with van der Waals surface area (Å²) in [6, 6.07) is 3.86. The van der Waals surface area contributed by atoms with Crippen molar-refractivity contribution in [1.29, 1.82) is 0 Å². The van der Waals surface area contributed by atoms with E-state index in [0.29, 0.717) is 19.6 Å². The molecule has 1 fully saturated rings. The van der Waals surface area contributed by atoms with Gasteiger partial charge in [0.25, 0.3) is 0 Å². The maximum Gasteiger partial charge on any atom is 0.410 e. The first-order valence-corrected chi connectivity index (χ1v) is 8.01. The Morgan fingerprint density at radius 3 is 2.86 bits per heavy atom. The van der Waals surface area contributed by atoms with Gasteiger partial charge in [-0.15, -0.1) is 11.3 Å². The van der Waals surface area contributed by atoms with Crippen LogP contribution in [0, 0.1) is 0 Å². The van der Waals surface area contributed by atoms with Crippen molar-refractivity contribution in [2.45, 2.75) is 38.8 Å². The largest absolute Gasteiger partial charge is 0.444 e. The summed E-state index contributed by atoms with van der Waals surface area (Å²) in [4.78, 5) is 26.3. The molecular formula is C15H22N2O3S. The van der Waals surface area contributed by atoms with Gasteiger partial charge in [0, 0.05) is 19.1 Å². The molecule has 0 aromatic carbocycles. The van der Waals surface area contributed by atoms with E-state index < -0.39 is 5.60 Å². The maximum atomic E-state index is 11.9. The number of nitrogens with zero attached hydrogens (tertiary/aromatic N) is 1. The van der Waals surface area contributed by atoms with Gasteiger partial charge in [-0.1, -0.05) is 6.07 Å². The number of carbonyl (C=O) groups is 2. The number of rotatable bonds is 4. The molecule has 1 aliphatic rings. The molecule has 1 aliphatic heterocycles. The first-order chi connectivity index (χ1) is 9.85. The van der Waals surface area contributed by atoms with E-state index in [9.17, 15) is 9.59 Å². The second-order valence-corrected chi connectivity index (χ2v) is 7.14. The van der Waals surface area contributed by atoms with Gasteiger partial charge in [0.1, 0.15) is 5.60 Å². The predicted octanol–water partition coefficient (Wildman–Crippen LogP) is 2.53. The van der Waals surface area contributed by atoms with Gasteiger partial charge in [-0.2, -0.15) is 0 Å². The van der Waals surface area contributed by atoms with Gasteiger partial charge < -0.3 is 15.0 Å². The number of hydrogen-bond donors (Lipinski definition) is 1. The zero-order valence-corrected chi connectivity index (χ0v) is 13.5. The first kappa shape index (κ1) is 16.0. The lowest BCUT2D eigenvalue weighted by molar-refractivity contribution is 0.0291. The lowest BCUT2D eigenvalue weighted by Gasteiger charge is -2.24. The standard InChI is InChI=1S/C15H22N2O3S/c1-15(2,3)20-14(19)17-7-6-11(10-17)16-9-12(18)13-5-4-8-21-13/h4-5,8,11,16H,6-7,9-10H2,1-3H3/t11-/m0/s1. The highest BCUT2D eigenvalue weighted by atomic mass is 32.1. The monoisotopic (exact) mass is 310 g/mol. The van der Waals surface area contributed by atoms with Crippen LogP contribution in [0.1, 0.15) is 36.9 Å². The highest BCUT2D eigenvalue weighted by Crippen LogP contribution is 2.15. The van der Waals surface area contributed by atoms with Crippen molar-refractivity contribution in [2.75, 3.05) is 19.6 Å². The molecule has 0 radical (unpaired) electrons. The zero-order valence-electron chi connectivity index (χ0n) is 12.7. The van der Waals surface area contributed by atoms with Gasteiger partial charge in [-0.05, 0) is 38.6 Å². The molecule has 21 heavy (non-hydrogen) atoms. The van der Waals surface area contributed by atoms with E-state index in [-0.39, 0.29) is 17.9 Å². The van der Waals surface area contributed by atoms with E-state index in [4.69, 9.17) is 4.74 Å². The van der Waals surface area contributed by atoms with Crippen LogP contribution in [0.4, 0.5) is 4.79 Å². The minimum Gasteiger partial charge on any atom is -0.444 e. The molecule has 1 amide bonds. The number of ketones is 1. The van der Waals surface area contributed by atoms with Crippen molar-refractivity contribution in [3.05, 3.63) is 22.4 Å². The van der Waals surface area contributed by atoms with Crippen molar-refractivity contribution in [2.24, 2.45) is 0 Å². The minimum absolute atomic E-state index is 0.0979. The molecule has 1 aromatic heterocycles. The summed E-state index contributed by atoms with van der Waals surface area (Å²) in [5, 5.41) is 5.12. The van der Waals surface area contributed by atoms with Gasteiger partial charge >= 0.3 is 6.09 Å². The maximum absolute atomic E-state index is 11.9. The number of carbonyl (C=O) groups excluding carboxylic acids is 2. The van der Waals surface area contributed by atoms with Crippen LogP contribution in [0.3, 0.4) is 0 Å². The number of amides is 1. The third-order valence-corrected chi connectivity index (χ3v) is 4.10. The average Bonchev–Trinajstić information content (AvgIpc) is 3.05. The number of ether oxygens (including phenoxy) is 1. The lowest BCUT2D eigenvalue weighted by Crippen LogP contribution is -2.39. The molecule has 116 valence electrons. The van der Waals surface area contributed by atoms with Gasteiger partial charge in [0.05, 0.1) is 11.4 Å².